The summed E-state index contributed by atoms with van der Waals surface area (Å²) >= 11 is 1.68. The van der Waals surface area contributed by atoms with E-state index >= 15 is 0 Å². The molecular formula is C17H22N2O2S. The van der Waals surface area contributed by atoms with Crippen LogP contribution in [0.15, 0.2) is 24.3 Å². The molecular weight excluding hydrogens is 296 g/mol. The van der Waals surface area contributed by atoms with Crippen LogP contribution in [-0.2, 0) is 4.74 Å². The molecule has 1 amide bonds. The summed E-state index contributed by atoms with van der Waals surface area (Å²) in [6.45, 7) is 6.46. The molecule has 0 radical (unpaired) electrons. The first-order chi connectivity index (χ1) is 10.4. The standard InChI is InChI=1S/C17H22N2O2S/c1-17(2,3)21-16(20)19-11-7-6-9-13(19)15-18-12-8-4-5-10-14(12)22-15/h4-5,8,10,13H,6-7,9,11H2,1-3H3. The van der Waals surface area contributed by atoms with Crippen molar-refractivity contribution in [1.82, 2.24) is 9.88 Å². The summed E-state index contributed by atoms with van der Waals surface area (Å²) in [4.78, 5) is 19.1. The van der Waals surface area contributed by atoms with E-state index in [1.54, 1.807) is 11.3 Å². The highest BCUT2D eigenvalue weighted by atomic mass is 32.1. The lowest BCUT2D eigenvalue weighted by atomic mass is 10.0. The van der Waals surface area contributed by atoms with Crippen molar-refractivity contribution in [3.05, 3.63) is 29.3 Å². The van der Waals surface area contributed by atoms with Gasteiger partial charge in [0.25, 0.3) is 0 Å². The van der Waals surface area contributed by atoms with E-state index in [1.807, 2.05) is 43.9 Å². The monoisotopic (exact) mass is 318 g/mol. The molecule has 22 heavy (non-hydrogen) atoms. The van der Waals surface area contributed by atoms with Gasteiger partial charge in [-0.15, -0.1) is 11.3 Å². The Morgan fingerprint density at radius 2 is 2.09 bits per heavy atom. The van der Waals surface area contributed by atoms with Crippen molar-refractivity contribution in [3.8, 4) is 0 Å². The van der Waals surface area contributed by atoms with Crippen LogP contribution in [0.3, 0.4) is 0 Å². The second-order valence-electron chi connectivity index (χ2n) is 6.71. The third kappa shape index (κ3) is 3.24. The number of fused-ring (bicyclic) bond motifs is 1. The van der Waals surface area contributed by atoms with E-state index in [0.29, 0.717) is 0 Å². The Morgan fingerprint density at radius 1 is 1.32 bits per heavy atom. The van der Waals surface area contributed by atoms with Gasteiger partial charge in [-0.3, -0.25) is 4.90 Å². The maximum absolute atomic E-state index is 12.5. The second-order valence-corrected chi connectivity index (χ2v) is 7.77. The molecule has 1 saturated heterocycles. The van der Waals surface area contributed by atoms with Gasteiger partial charge in [0.05, 0.1) is 16.3 Å². The predicted molar refractivity (Wildman–Crippen MR) is 89.2 cm³/mol. The number of hydrogen-bond donors (Lipinski definition) is 0. The molecule has 1 fully saturated rings. The summed E-state index contributed by atoms with van der Waals surface area (Å²) in [6, 6.07) is 8.17. The van der Waals surface area contributed by atoms with Crippen LogP contribution in [-0.4, -0.2) is 28.1 Å². The Bertz CT molecular complexity index is 642. The second kappa shape index (κ2) is 5.88. The van der Waals surface area contributed by atoms with Crippen LogP contribution < -0.4 is 0 Å². The highest BCUT2D eigenvalue weighted by Gasteiger charge is 2.33. The van der Waals surface area contributed by atoms with E-state index in [-0.39, 0.29) is 12.1 Å². The highest BCUT2D eigenvalue weighted by Crippen LogP contribution is 2.36. The molecule has 1 aromatic carbocycles. The zero-order valence-electron chi connectivity index (χ0n) is 13.3. The van der Waals surface area contributed by atoms with Crippen molar-refractivity contribution >= 4 is 27.6 Å². The van der Waals surface area contributed by atoms with Crippen LogP contribution in [0, 0.1) is 0 Å². The first-order valence-electron chi connectivity index (χ1n) is 7.79. The lowest BCUT2D eigenvalue weighted by Crippen LogP contribution is -2.41. The van der Waals surface area contributed by atoms with Crippen molar-refractivity contribution in [2.75, 3.05) is 6.54 Å². The highest BCUT2D eigenvalue weighted by molar-refractivity contribution is 7.18. The van der Waals surface area contributed by atoms with Gasteiger partial charge in [-0.05, 0) is 52.2 Å². The Balaban J connectivity index is 1.87. The Morgan fingerprint density at radius 3 is 2.82 bits per heavy atom. The fourth-order valence-electron chi connectivity index (χ4n) is 2.76. The lowest BCUT2D eigenvalue weighted by Gasteiger charge is -2.35. The molecule has 1 aliphatic heterocycles. The van der Waals surface area contributed by atoms with Crippen LogP contribution in [0.1, 0.15) is 51.1 Å². The molecule has 2 aromatic rings. The molecule has 1 aliphatic rings. The Labute approximate surface area is 135 Å². The van der Waals surface area contributed by atoms with E-state index < -0.39 is 5.60 Å². The molecule has 0 bridgehead atoms. The SMILES string of the molecule is CC(C)(C)OC(=O)N1CCCCC1c1nc2ccccc2s1. The number of carbonyl (C=O) groups is 1. The van der Waals surface area contributed by atoms with E-state index in [1.165, 1.54) is 4.70 Å². The van der Waals surface area contributed by atoms with Gasteiger partial charge in [0.1, 0.15) is 10.6 Å². The summed E-state index contributed by atoms with van der Waals surface area (Å²) in [7, 11) is 0. The third-order valence-corrected chi connectivity index (χ3v) is 4.86. The molecule has 1 aromatic heterocycles. The molecule has 2 heterocycles. The van der Waals surface area contributed by atoms with Gasteiger partial charge in [0, 0.05) is 6.54 Å². The van der Waals surface area contributed by atoms with Gasteiger partial charge in [0.2, 0.25) is 0 Å². The van der Waals surface area contributed by atoms with Crippen LogP contribution in [0.2, 0.25) is 0 Å². The number of thiazole rings is 1. The molecule has 0 saturated carbocycles. The summed E-state index contributed by atoms with van der Waals surface area (Å²) in [6.07, 6.45) is 2.89. The van der Waals surface area contributed by atoms with Crippen molar-refractivity contribution in [1.29, 1.82) is 0 Å². The van der Waals surface area contributed by atoms with Crippen LogP contribution in [0.4, 0.5) is 4.79 Å². The summed E-state index contributed by atoms with van der Waals surface area (Å²) in [5, 5.41) is 1.02. The number of ether oxygens (including phenoxy) is 1. The largest absolute Gasteiger partial charge is 0.444 e. The summed E-state index contributed by atoms with van der Waals surface area (Å²) in [5.74, 6) is 0. The zero-order valence-corrected chi connectivity index (χ0v) is 14.2. The summed E-state index contributed by atoms with van der Waals surface area (Å²) in [5.41, 5.74) is 0.546. The van der Waals surface area contributed by atoms with Crippen molar-refractivity contribution in [3.63, 3.8) is 0 Å². The van der Waals surface area contributed by atoms with E-state index in [9.17, 15) is 4.79 Å². The smallest absolute Gasteiger partial charge is 0.410 e. The minimum atomic E-state index is -0.466. The molecule has 3 rings (SSSR count). The first kappa shape index (κ1) is 15.3. The predicted octanol–water partition coefficient (Wildman–Crippen LogP) is 4.76. The Kier molecular flexibility index (Phi) is 4.08. The number of aromatic nitrogens is 1. The average molecular weight is 318 g/mol. The van der Waals surface area contributed by atoms with Gasteiger partial charge in [0.15, 0.2) is 0 Å². The number of likely N-dealkylation sites (tertiary alicyclic amines) is 1. The minimum absolute atomic E-state index is 0.0426. The quantitative estimate of drug-likeness (QED) is 0.761. The number of carbonyl (C=O) groups excluding carboxylic acids is 1. The number of amides is 1. The average Bonchev–Trinajstić information content (AvgIpc) is 2.89. The van der Waals surface area contributed by atoms with Gasteiger partial charge < -0.3 is 4.74 Å². The zero-order chi connectivity index (χ0) is 15.7. The third-order valence-electron chi connectivity index (χ3n) is 3.73. The van der Waals surface area contributed by atoms with Crippen LogP contribution >= 0.6 is 11.3 Å². The topological polar surface area (TPSA) is 42.4 Å². The van der Waals surface area contributed by atoms with Crippen molar-refractivity contribution in [2.24, 2.45) is 0 Å². The number of rotatable bonds is 1. The number of nitrogens with zero attached hydrogens (tertiary/aromatic N) is 2. The minimum Gasteiger partial charge on any atom is -0.444 e. The number of benzene rings is 1. The van der Waals surface area contributed by atoms with Gasteiger partial charge in [-0.1, -0.05) is 12.1 Å². The summed E-state index contributed by atoms with van der Waals surface area (Å²) < 4.78 is 6.74. The van der Waals surface area contributed by atoms with E-state index in [2.05, 4.69) is 6.07 Å². The van der Waals surface area contributed by atoms with Gasteiger partial charge in [-0.25, -0.2) is 9.78 Å². The van der Waals surface area contributed by atoms with E-state index in [4.69, 9.17) is 9.72 Å². The van der Waals surface area contributed by atoms with Crippen molar-refractivity contribution in [2.45, 2.75) is 51.7 Å². The molecule has 0 aliphatic carbocycles. The number of para-hydroxylation sites is 1. The van der Waals surface area contributed by atoms with E-state index in [0.717, 1.165) is 36.3 Å². The number of piperidine rings is 1. The molecule has 118 valence electrons. The molecule has 1 atom stereocenters. The Hall–Kier alpha value is -1.62. The van der Waals surface area contributed by atoms with Crippen LogP contribution in [0.25, 0.3) is 10.2 Å². The molecule has 0 N–H and O–H groups in total. The van der Waals surface area contributed by atoms with Gasteiger partial charge in [-0.2, -0.15) is 0 Å². The van der Waals surface area contributed by atoms with Crippen LogP contribution in [0.5, 0.6) is 0 Å². The van der Waals surface area contributed by atoms with Crippen molar-refractivity contribution < 1.29 is 9.53 Å². The molecule has 1 unspecified atom stereocenters. The maximum atomic E-state index is 12.5. The van der Waals surface area contributed by atoms with Gasteiger partial charge >= 0.3 is 6.09 Å². The fraction of sp³-hybridized carbons (Fsp3) is 0.529. The maximum Gasteiger partial charge on any atom is 0.410 e. The fourth-order valence-corrected chi connectivity index (χ4v) is 3.88. The molecule has 5 heteroatoms. The molecule has 0 spiro atoms. The lowest BCUT2D eigenvalue weighted by molar-refractivity contribution is 0.00951. The first-order valence-corrected chi connectivity index (χ1v) is 8.61. The normalized spacial score (nSPS) is 19.4. The molecule has 4 nitrogen and oxygen atoms in total. The number of hydrogen-bond acceptors (Lipinski definition) is 4.